The van der Waals surface area contributed by atoms with Gasteiger partial charge in [-0.3, -0.25) is 19.2 Å². The molecule has 4 aromatic carbocycles. The monoisotopic (exact) mass is 1650 g/mol. The molecule has 8 nitrogen and oxygen atoms in total. The number of ether oxygens (including phenoxy) is 4. The summed E-state index contributed by atoms with van der Waals surface area (Å²) in [5.74, 6) is 18.7. The lowest BCUT2D eigenvalue weighted by Crippen LogP contribution is -2.43. The maximum atomic E-state index is 13.0. The quantitative estimate of drug-likeness (QED) is 0.0443. The van der Waals surface area contributed by atoms with Crippen molar-refractivity contribution in [3.63, 3.8) is 0 Å². The zero-order chi connectivity index (χ0) is 87.6. The Morgan fingerprint density at radius 2 is 0.483 bits per heavy atom. The second-order valence-corrected chi connectivity index (χ2v) is 44.0. The van der Waals surface area contributed by atoms with Gasteiger partial charge in [0.05, 0.1) is 28.4 Å². The van der Waals surface area contributed by atoms with Gasteiger partial charge in [-0.1, -0.05) is 212 Å². The Morgan fingerprint density at radius 3 is 0.658 bits per heavy atom. The van der Waals surface area contributed by atoms with Crippen molar-refractivity contribution in [2.45, 2.75) is 370 Å². The molecule has 2 unspecified atom stereocenters. The summed E-state index contributed by atoms with van der Waals surface area (Å²) >= 11 is 0. The first-order valence-electron chi connectivity index (χ1n) is 49.7. The maximum absolute atomic E-state index is 13.0. The fraction of sp³-hybridized carbons (Fsp3) is 0.750. The van der Waals surface area contributed by atoms with Gasteiger partial charge >= 0.3 is 0 Å². The van der Waals surface area contributed by atoms with E-state index in [2.05, 4.69) is 187 Å². The van der Waals surface area contributed by atoms with Crippen molar-refractivity contribution < 1.29 is 38.1 Å². The molecule has 0 spiro atoms. The number of rotatable bonds is 36. The molecular formula is C112H176O8. The van der Waals surface area contributed by atoms with E-state index >= 15 is 0 Å². The molecule has 0 bridgehead atoms. The Bertz CT molecular complexity index is 3380. The number of carbonyl (C=O) groups excluding carboxylic acids is 4. The number of fused-ring (bicyclic) bond motifs is 4. The zero-order valence-electron chi connectivity index (χ0n) is 81.2. The minimum absolute atomic E-state index is 0.252. The Morgan fingerprint density at radius 1 is 0.292 bits per heavy atom. The molecular weight excluding hydrogens is 1470 g/mol. The number of hydrogen-bond acceptors (Lipinski definition) is 8. The van der Waals surface area contributed by atoms with Crippen LogP contribution in [0, 0.1) is 168 Å². The fourth-order valence-electron chi connectivity index (χ4n) is 27.3. The minimum atomic E-state index is 0.252. The van der Waals surface area contributed by atoms with E-state index in [9.17, 15) is 19.2 Å². The van der Waals surface area contributed by atoms with Crippen molar-refractivity contribution in [2.75, 3.05) is 28.4 Å². The van der Waals surface area contributed by atoms with Crippen LogP contribution < -0.4 is 18.9 Å². The third kappa shape index (κ3) is 24.7. The Hall–Kier alpha value is -5.24. The number of ketones is 4. The second-order valence-electron chi connectivity index (χ2n) is 44.0. The molecule has 8 heteroatoms. The molecule has 8 saturated carbocycles. The highest BCUT2D eigenvalue weighted by Crippen LogP contribution is 2.64. The van der Waals surface area contributed by atoms with Crippen LogP contribution in [0.15, 0.2) is 72.8 Å². The number of hydrogen-bond donors (Lipinski definition) is 0. The topological polar surface area (TPSA) is 105 Å². The molecule has 0 radical (unpaired) electrons. The number of carbonyl (C=O) groups is 4. The molecule has 8 aliphatic rings. The van der Waals surface area contributed by atoms with Gasteiger partial charge in [0.1, 0.15) is 46.1 Å². The third-order valence-electron chi connectivity index (χ3n) is 34.8. The van der Waals surface area contributed by atoms with Crippen LogP contribution in [-0.4, -0.2) is 51.6 Å². The smallest absolute Gasteiger partial charge is 0.136 e. The molecule has 4 aromatic rings. The van der Waals surface area contributed by atoms with E-state index in [1.54, 1.807) is 28.4 Å². The van der Waals surface area contributed by atoms with Crippen molar-refractivity contribution >= 4 is 23.1 Å². The van der Waals surface area contributed by atoms with Crippen molar-refractivity contribution in [3.05, 3.63) is 117 Å². The van der Waals surface area contributed by atoms with Crippen LogP contribution in [-0.2, 0) is 44.9 Å². The van der Waals surface area contributed by atoms with Crippen molar-refractivity contribution in [1.29, 1.82) is 0 Å². The standard InChI is InChI=1S/4C28H44O2/c4*1-19(2)8-7-9-21(4)25-14-15-26-24(27(29)16-17-28(25,26)5)13-11-22-18-23(30-6)12-10-20(22)3/h4*10,12,18-19,21,24-26H,7-9,11,13-17H2,1-6H3/t21-,24+,25-,26?,28-;21-,24+,25-,26+,28-;21-,24-,25-,26?,28-;21-,24-,25-,26+,28-/m1111/s1. The lowest BCUT2D eigenvalue weighted by atomic mass is 9.58. The first-order chi connectivity index (χ1) is 57.0. The van der Waals surface area contributed by atoms with Crippen LogP contribution in [0.25, 0.3) is 0 Å². The fourth-order valence-corrected chi connectivity index (χ4v) is 27.3. The van der Waals surface area contributed by atoms with E-state index in [0.29, 0.717) is 68.5 Å². The van der Waals surface area contributed by atoms with Crippen LogP contribution in [0.3, 0.4) is 0 Å². The normalized spacial score (nSPS) is 29.8. The van der Waals surface area contributed by atoms with Gasteiger partial charge in [0, 0.05) is 49.4 Å². The molecule has 0 heterocycles. The van der Waals surface area contributed by atoms with Gasteiger partial charge in [0.2, 0.25) is 0 Å². The van der Waals surface area contributed by atoms with E-state index in [4.69, 9.17) is 18.9 Å². The summed E-state index contributed by atoms with van der Waals surface area (Å²) in [5.41, 5.74) is 12.0. The number of benzene rings is 4. The van der Waals surface area contributed by atoms with Crippen LogP contribution in [0.4, 0.5) is 0 Å². The van der Waals surface area contributed by atoms with E-state index in [-0.39, 0.29) is 23.7 Å². The van der Waals surface area contributed by atoms with Gasteiger partial charge in [0.15, 0.2) is 0 Å². The highest BCUT2D eigenvalue weighted by atomic mass is 16.5. The summed E-state index contributed by atoms with van der Waals surface area (Å²) in [7, 11) is 6.91. The van der Waals surface area contributed by atoms with Crippen molar-refractivity contribution in [3.8, 4) is 23.0 Å². The molecule has 12 rings (SSSR count). The Kier molecular flexibility index (Phi) is 37.2. The molecule has 0 aromatic heterocycles. The SMILES string of the molecule is COc1ccc(C)c(CC[C@@H]2C(=O)CC[C@@]3(C)C2CC[C@@H]3[C@H](C)CCCC(C)C)c1.COc1ccc(C)c(CC[C@@H]2C(=O)CC[C@]3(C)[C@@H]([C@H](C)CCCC(C)C)CC[C@@H]23)c1.COc1ccc(C)c(CC[C@H]2C(=O)CC[C@@]3(C)C2CC[C@@H]3[C@H](C)CCCC(C)C)c1.COc1ccc(C)c(CC[C@H]2C(=O)CC[C@]3(C)[C@@H]([C@H](C)CCCC(C)C)CC[C@@H]23)c1. The average Bonchev–Trinajstić information content (AvgIpc) is 1.61. The van der Waals surface area contributed by atoms with Crippen LogP contribution >= 0.6 is 0 Å². The predicted octanol–water partition coefficient (Wildman–Crippen LogP) is 29.6. The highest BCUT2D eigenvalue weighted by molar-refractivity contribution is 5.84. The van der Waals surface area contributed by atoms with E-state index < -0.39 is 0 Å². The lowest BCUT2D eigenvalue weighted by Gasteiger charge is -2.46. The van der Waals surface area contributed by atoms with Crippen LogP contribution in [0.5, 0.6) is 23.0 Å². The van der Waals surface area contributed by atoms with Crippen molar-refractivity contribution in [2.24, 2.45) is 140 Å². The highest BCUT2D eigenvalue weighted by Gasteiger charge is 2.58. The Labute approximate surface area is 735 Å². The molecule has 8 aliphatic carbocycles. The maximum Gasteiger partial charge on any atom is 0.136 e. The molecule has 8 fully saturated rings. The molecule has 0 saturated heterocycles. The molecule has 672 valence electrons. The summed E-state index contributed by atoms with van der Waals surface area (Å²) in [6, 6.07) is 25.4. The molecule has 0 amide bonds. The molecule has 0 aliphatic heterocycles. The summed E-state index contributed by atoms with van der Waals surface area (Å²) < 4.78 is 21.7. The van der Waals surface area contributed by atoms with E-state index in [1.807, 2.05) is 24.3 Å². The minimum Gasteiger partial charge on any atom is -0.497 e. The average molecular weight is 1650 g/mol. The molecule has 0 N–H and O–H groups in total. The van der Waals surface area contributed by atoms with Gasteiger partial charge in [-0.25, -0.2) is 0 Å². The van der Waals surface area contributed by atoms with E-state index in [1.165, 1.54) is 173 Å². The Balaban J connectivity index is 0.000000182. The van der Waals surface area contributed by atoms with Crippen LogP contribution in [0.1, 0.15) is 361 Å². The predicted molar refractivity (Wildman–Crippen MR) is 504 cm³/mol. The van der Waals surface area contributed by atoms with Crippen molar-refractivity contribution in [1.82, 2.24) is 0 Å². The van der Waals surface area contributed by atoms with Crippen LogP contribution in [0.2, 0.25) is 0 Å². The van der Waals surface area contributed by atoms with Gasteiger partial charge < -0.3 is 18.9 Å². The van der Waals surface area contributed by atoms with Gasteiger partial charge in [-0.15, -0.1) is 0 Å². The number of Topliss-reactive ketones (excluding diaryl/α,β-unsaturated/α-hetero) is 4. The van der Waals surface area contributed by atoms with Gasteiger partial charge in [0.25, 0.3) is 0 Å². The first kappa shape index (κ1) is 98.5. The summed E-state index contributed by atoms with van der Waals surface area (Å²) in [4.78, 5) is 52.0. The third-order valence-corrected chi connectivity index (χ3v) is 34.8. The number of aryl methyl sites for hydroxylation is 8. The summed E-state index contributed by atoms with van der Waals surface area (Å²) in [6.45, 7) is 47.4. The summed E-state index contributed by atoms with van der Waals surface area (Å²) in [6.07, 6.45) is 42.1. The first-order valence-corrected chi connectivity index (χ1v) is 49.7. The van der Waals surface area contributed by atoms with Gasteiger partial charge in [-0.05, 0) is 365 Å². The lowest BCUT2D eigenvalue weighted by molar-refractivity contribution is -0.133. The second kappa shape index (κ2) is 45.3. The zero-order valence-corrected chi connectivity index (χ0v) is 81.2. The molecule has 20 atom stereocenters. The van der Waals surface area contributed by atoms with Gasteiger partial charge in [-0.2, -0.15) is 0 Å². The largest absolute Gasteiger partial charge is 0.497 e. The summed E-state index contributed by atoms with van der Waals surface area (Å²) in [5, 5.41) is 0. The van der Waals surface area contributed by atoms with E-state index in [0.717, 1.165) is 197 Å². The molecule has 120 heavy (non-hydrogen) atoms. The number of methoxy groups -OCH3 is 4.